The molecule has 1 atom stereocenters. The van der Waals surface area contributed by atoms with Gasteiger partial charge in [0, 0.05) is 17.7 Å². The molecule has 0 fully saturated rings. The van der Waals surface area contributed by atoms with Gasteiger partial charge in [-0.1, -0.05) is 12.1 Å². The summed E-state index contributed by atoms with van der Waals surface area (Å²) in [5, 5.41) is 29.2. The van der Waals surface area contributed by atoms with E-state index < -0.39 is 6.10 Å². The van der Waals surface area contributed by atoms with Gasteiger partial charge in [-0.2, -0.15) is 0 Å². The lowest BCUT2D eigenvalue weighted by Gasteiger charge is -2.27. The molecule has 3 N–H and O–H groups in total. The van der Waals surface area contributed by atoms with Gasteiger partial charge in [0.2, 0.25) is 0 Å². The molecule has 0 radical (unpaired) electrons. The molecule has 6 heteroatoms. The van der Waals surface area contributed by atoms with E-state index in [4.69, 9.17) is 9.47 Å². The van der Waals surface area contributed by atoms with Gasteiger partial charge >= 0.3 is 0 Å². The monoisotopic (exact) mass is 302 g/mol. The Morgan fingerprint density at radius 1 is 1.18 bits per heavy atom. The fraction of sp³-hybridized carbons (Fsp3) is 0.188. The Labute approximate surface area is 126 Å². The number of hydrogen-bond acceptors (Lipinski definition) is 6. The van der Waals surface area contributed by atoms with Gasteiger partial charge in [0.05, 0.1) is 13.5 Å². The highest BCUT2D eigenvalue weighted by atomic mass is 16.5. The zero-order valence-electron chi connectivity index (χ0n) is 11.7. The summed E-state index contributed by atoms with van der Waals surface area (Å²) in [5.41, 5.74) is 0.567. The highest BCUT2D eigenvalue weighted by molar-refractivity contribution is 6.02. The molecule has 1 aliphatic heterocycles. The maximum atomic E-state index is 12.3. The molecule has 114 valence electrons. The van der Waals surface area contributed by atoms with E-state index in [1.807, 2.05) is 0 Å². The third-order valence-electron chi connectivity index (χ3n) is 3.56. The van der Waals surface area contributed by atoms with Gasteiger partial charge in [-0.25, -0.2) is 0 Å². The predicted octanol–water partition coefficient (Wildman–Crippen LogP) is 2.52. The lowest BCUT2D eigenvalue weighted by molar-refractivity contribution is 0.0841. The van der Waals surface area contributed by atoms with Crippen LogP contribution in [0.15, 0.2) is 30.3 Å². The quantitative estimate of drug-likeness (QED) is 0.789. The Kier molecular flexibility index (Phi) is 3.29. The van der Waals surface area contributed by atoms with Crippen LogP contribution in [0.25, 0.3) is 0 Å². The summed E-state index contributed by atoms with van der Waals surface area (Å²) in [6, 6.07) is 7.14. The number of benzene rings is 2. The van der Waals surface area contributed by atoms with E-state index in [-0.39, 0.29) is 46.5 Å². The summed E-state index contributed by atoms with van der Waals surface area (Å²) in [7, 11) is 1.41. The molecule has 0 saturated heterocycles. The first-order valence-electron chi connectivity index (χ1n) is 6.63. The zero-order valence-corrected chi connectivity index (χ0v) is 11.7. The van der Waals surface area contributed by atoms with Crippen molar-refractivity contribution in [3.05, 3.63) is 41.5 Å². The highest BCUT2D eigenvalue weighted by Gasteiger charge is 2.32. The molecule has 2 aromatic rings. The summed E-state index contributed by atoms with van der Waals surface area (Å²) < 4.78 is 10.9. The second-order valence-corrected chi connectivity index (χ2v) is 4.97. The van der Waals surface area contributed by atoms with Crippen LogP contribution in [-0.2, 0) is 0 Å². The van der Waals surface area contributed by atoms with Crippen molar-refractivity contribution in [3.63, 3.8) is 0 Å². The molecule has 1 heterocycles. The number of ether oxygens (including phenoxy) is 2. The number of hydrogen-bond donors (Lipinski definition) is 3. The molecule has 0 aliphatic carbocycles. The molecule has 1 unspecified atom stereocenters. The van der Waals surface area contributed by atoms with Crippen LogP contribution in [0.3, 0.4) is 0 Å². The number of ketones is 1. The van der Waals surface area contributed by atoms with E-state index in [1.54, 1.807) is 12.1 Å². The van der Waals surface area contributed by atoms with Crippen molar-refractivity contribution < 1.29 is 29.6 Å². The molecule has 0 aromatic heterocycles. The molecule has 0 bridgehead atoms. The van der Waals surface area contributed by atoms with Crippen molar-refractivity contribution in [1.82, 2.24) is 0 Å². The van der Waals surface area contributed by atoms with E-state index in [2.05, 4.69) is 0 Å². The first-order valence-corrected chi connectivity index (χ1v) is 6.63. The third kappa shape index (κ3) is 2.18. The van der Waals surface area contributed by atoms with Crippen LogP contribution >= 0.6 is 0 Å². The van der Waals surface area contributed by atoms with E-state index >= 15 is 0 Å². The second-order valence-electron chi connectivity index (χ2n) is 4.97. The average Bonchev–Trinajstić information content (AvgIpc) is 2.45. The van der Waals surface area contributed by atoms with Gasteiger partial charge in [0.15, 0.2) is 17.3 Å². The molecular formula is C16H14O6. The smallest absolute Gasteiger partial charge is 0.174 e. The lowest BCUT2D eigenvalue weighted by atomic mass is 9.95. The Hall–Kier alpha value is -2.89. The van der Waals surface area contributed by atoms with Gasteiger partial charge in [-0.15, -0.1) is 0 Å². The van der Waals surface area contributed by atoms with E-state index in [0.717, 1.165) is 6.07 Å². The summed E-state index contributed by atoms with van der Waals surface area (Å²) in [4.78, 5) is 12.3. The van der Waals surface area contributed by atoms with Crippen LogP contribution < -0.4 is 9.47 Å². The summed E-state index contributed by atoms with van der Waals surface area (Å²) in [6.07, 6.45) is -0.686. The number of rotatable bonds is 2. The number of carbonyl (C=O) groups excluding carboxylic acids is 1. The molecule has 6 nitrogen and oxygen atoms in total. The number of carbonyl (C=O) groups is 1. The fourth-order valence-corrected chi connectivity index (χ4v) is 2.62. The number of phenolic OH excluding ortho intramolecular Hbond substituents is 3. The van der Waals surface area contributed by atoms with Crippen LogP contribution in [0.4, 0.5) is 0 Å². The molecule has 0 saturated carbocycles. The van der Waals surface area contributed by atoms with Gasteiger partial charge in [-0.05, 0) is 6.07 Å². The van der Waals surface area contributed by atoms with Gasteiger partial charge in [0.25, 0.3) is 0 Å². The van der Waals surface area contributed by atoms with Crippen molar-refractivity contribution in [2.24, 2.45) is 0 Å². The largest absolute Gasteiger partial charge is 0.508 e. The topological polar surface area (TPSA) is 96.2 Å². The molecule has 0 spiro atoms. The summed E-state index contributed by atoms with van der Waals surface area (Å²) >= 11 is 0. The van der Waals surface area contributed by atoms with E-state index in [0.29, 0.717) is 5.56 Å². The Balaban J connectivity index is 2.06. The van der Waals surface area contributed by atoms with Crippen LogP contribution in [0.1, 0.15) is 28.4 Å². The summed E-state index contributed by atoms with van der Waals surface area (Å²) in [6.45, 7) is 0. The first-order chi connectivity index (χ1) is 10.5. The Bertz CT molecular complexity index is 753. The van der Waals surface area contributed by atoms with E-state index in [9.17, 15) is 20.1 Å². The highest BCUT2D eigenvalue weighted by Crippen LogP contribution is 2.44. The Morgan fingerprint density at radius 3 is 2.68 bits per heavy atom. The second kappa shape index (κ2) is 5.14. The fourth-order valence-electron chi connectivity index (χ4n) is 2.62. The first kappa shape index (κ1) is 14.1. The van der Waals surface area contributed by atoms with Crippen molar-refractivity contribution in [2.75, 3.05) is 7.11 Å². The van der Waals surface area contributed by atoms with Crippen molar-refractivity contribution in [1.29, 1.82) is 0 Å². The molecule has 2 aromatic carbocycles. The van der Waals surface area contributed by atoms with Crippen LogP contribution in [0, 0.1) is 0 Å². The van der Waals surface area contributed by atoms with Crippen molar-refractivity contribution in [2.45, 2.75) is 12.5 Å². The minimum atomic E-state index is -0.678. The Morgan fingerprint density at radius 2 is 1.95 bits per heavy atom. The van der Waals surface area contributed by atoms with Gasteiger partial charge < -0.3 is 24.8 Å². The maximum absolute atomic E-state index is 12.3. The number of phenols is 3. The maximum Gasteiger partial charge on any atom is 0.174 e. The zero-order chi connectivity index (χ0) is 15.9. The van der Waals surface area contributed by atoms with Gasteiger partial charge in [0.1, 0.15) is 28.9 Å². The lowest BCUT2D eigenvalue weighted by Crippen LogP contribution is -2.21. The molecule has 0 amide bonds. The summed E-state index contributed by atoms with van der Waals surface area (Å²) in [5.74, 6) is -0.555. The van der Waals surface area contributed by atoms with Crippen LogP contribution in [0.5, 0.6) is 28.7 Å². The third-order valence-corrected chi connectivity index (χ3v) is 3.56. The van der Waals surface area contributed by atoms with Crippen LogP contribution in [0.2, 0.25) is 0 Å². The number of para-hydroxylation sites is 1. The average molecular weight is 302 g/mol. The number of Topliss-reactive ketones (excluding diaryl/α,β-unsaturated/α-hetero) is 1. The van der Waals surface area contributed by atoms with E-state index in [1.165, 1.54) is 19.2 Å². The molecule has 3 rings (SSSR count). The van der Waals surface area contributed by atoms with Crippen molar-refractivity contribution >= 4 is 5.78 Å². The number of methoxy groups -OCH3 is 1. The molecular weight excluding hydrogens is 288 g/mol. The predicted molar refractivity (Wildman–Crippen MR) is 76.7 cm³/mol. The van der Waals surface area contributed by atoms with Gasteiger partial charge in [-0.3, -0.25) is 4.79 Å². The SMILES string of the molecule is COc1c(O)cccc1C1CC(=O)c2c(O)cc(O)cc2O1. The normalized spacial score (nSPS) is 16.8. The van der Waals surface area contributed by atoms with Crippen LogP contribution in [-0.4, -0.2) is 28.2 Å². The molecule has 22 heavy (non-hydrogen) atoms. The minimum absolute atomic E-state index is 0.00878. The minimum Gasteiger partial charge on any atom is -0.508 e. The van der Waals surface area contributed by atoms with Crippen molar-refractivity contribution in [3.8, 4) is 28.7 Å². The number of fused-ring (bicyclic) bond motifs is 1. The molecule has 1 aliphatic rings. The number of aromatic hydroxyl groups is 3. The standard InChI is InChI=1S/C16H14O6/c1-21-16-9(3-2-4-10(16)18)13-7-12(20)15-11(19)5-8(17)6-14(15)22-13/h2-6,13,17-19H,7H2,1H3.